The lowest BCUT2D eigenvalue weighted by Gasteiger charge is -2.08. The first kappa shape index (κ1) is 17.6. The van der Waals surface area contributed by atoms with Gasteiger partial charge in [-0.1, -0.05) is 36.4 Å². The molecule has 1 amide bonds. The maximum Gasteiger partial charge on any atom is 0.252 e. The highest BCUT2D eigenvalue weighted by Gasteiger charge is 2.06. The van der Waals surface area contributed by atoms with E-state index in [0.29, 0.717) is 18.7 Å². The van der Waals surface area contributed by atoms with Crippen LogP contribution in [0.5, 0.6) is 0 Å². The van der Waals surface area contributed by atoms with E-state index in [0.717, 1.165) is 24.2 Å². The number of amides is 1. The molecule has 0 fully saturated rings. The molecule has 0 aliphatic carbocycles. The van der Waals surface area contributed by atoms with Crippen LogP contribution < -0.4 is 10.6 Å². The van der Waals surface area contributed by atoms with Crippen LogP contribution >= 0.6 is 0 Å². The van der Waals surface area contributed by atoms with Crippen LogP contribution in [-0.2, 0) is 13.0 Å². The smallest absolute Gasteiger partial charge is 0.252 e. The van der Waals surface area contributed by atoms with Crippen LogP contribution in [0.2, 0.25) is 0 Å². The topological polar surface area (TPSA) is 66.9 Å². The van der Waals surface area contributed by atoms with Crippen molar-refractivity contribution in [2.75, 3.05) is 11.9 Å². The van der Waals surface area contributed by atoms with Crippen molar-refractivity contribution < 1.29 is 4.79 Å². The van der Waals surface area contributed by atoms with Crippen molar-refractivity contribution in [2.45, 2.75) is 19.4 Å². The van der Waals surface area contributed by atoms with E-state index in [1.165, 1.54) is 5.56 Å². The molecule has 0 saturated heterocycles. The molecule has 26 heavy (non-hydrogen) atoms. The van der Waals surface area contributed by atoms with E-state index in [2.05, 4.69) is 32.7 Å². The van der Waals surface area contributed by atoms with E-state index in [1.54, 1.807) is 18.6 Å². The molecule has 5 nitrogen and oxygen atoms in total. The minimum atomic E-state index is -0.105. The largest absolute Gasteiger partial charge is 0.378 e. The molecule has 3 rings (SSSR count). The quantitative estimate of drug-likeness (QED) is 0.613. The van der Waals surface area contributed by atoms with Crippen molar-refractivity contribution in [1.29, 1.82) is 0 Å². The maximum atomic E-state index is 12.3. The van der Waals surface area contributed by atoms with Crippen LogP contribution in [0.25, 0.3) is 0 Å². The Balaban J connectivity index is 1.46. The average molecular weight is 346 g/mol. The molecule has 0 saturated carbocycles. The fourth-order valence-corrected chi connectivity index (χ4v) is 2.60. The minimum Gasteiger partial charge on any atom is -0.378 e. The Morgan fingerprint density at radius 1 is 1.00 bits per heavy atom. The van der Waals surface area contributed by atoms with Crippen LogP contribution in [0, 0.1) is 0 Å². The van der Waals surface area contributed by atoms with E-state index in [9.17, 15) is 4.79 Å². The number of nitrogens with zero attached hydrogens (tertiary/aromatic N) is 2. The van der Waals surface area contributed by atoms with Gasteiger partial charge in [-0.15, -0.1) is 0 Å². The normalized spacial score (nSPS) is 10.3. The molecule has 0 atom stereocenters. The molecule has 0 spiro atoms. The molecule has 0 radical (unpaired) electrons. The SMILES string of the molecule is O=C(NCCCc1ccccc1)c1cncc(NCc2ccccn2)c1. The molecule has 0 aliphatic rings. The summed E-state index contributed by atoms with van der Waals surface area (Å²) in [5.41, 5.74) is 3.57. The van der Waals surface area contributed by atoms with E-state index in [-0.39, 0.29) is 5.91 Å². The molecule has 3 aromatic rings. The Labute approximate surface area is 153 Å². The number of aryl methyl sites for hydroxylation is 1. The molecule has 2 aromatic heterocycles. The Hall–Kier alpha value is -3.21. The van der Waals surface area contributed by atoms with Gasteiger partial charge in [0.1, 0.15) is 0 Å². The van der Waals surface area contributed by atoms with Crippen LogP contribution in [0.1, 0.15) is 28.0 Å². The number of carbonyl (C=O) groups is 1. The van der Waals surface area contributed by atoms with Gasteiger partial charge in [0, 0.05) is 25.1 Å². The van der Waals surface area contributed by atoms with Gasteiger partial charge in [-0.05, 0) is 36.6 Å². The van der Waals surface area contributed by atoms with E-state index >= 15 is 0 Å². The minimum absolute atomic E-state index is 0.105. The highest BCUT2D eigenvalue weighted by molar-refractivity contribution is 5.94. The summed E-state index contributed by atoms with van der Waals surface area (Å²) in [6.45, 7) is 1.23. The summed E-state index contributed by atoms with van der Waals surface area (Å²) in [7, 11) is 0. The third kappa shape index (κ3) is 5.41. The van der Waals surface area contributed by atoms with Crippen LogP contribution in [-0.4, -0.2) is 22.4 Å². The van der Waals surface area contributed by atoms with E-state index in [4.69, 9.17) is 0 Å². The van der Waals surface area contributed by atoms with Gasteiger partial charge in [0.15, 0.2) is 0 Å². The second kappa shape index (κ2) is 9.32. The Kier molecular flexibility index (Phi) is 6.31. The summed E-state index contributed by atoms with van der Waals surface area (Å²) in [6, 6.07) is 17.9. The predicted octanol–water partition coefficient (Wildman–Crippen LogP) is 3.45. The highest BCUT2D eigenvalue weighted by atomic mass is 16.1. The molecule has 132 valence electrons. The first-order chi connectivity index (χ1) is 12.8. The van der Waals surface area contributed by atoms with Gasteiger partial charge in [-0.2, -0.15) is 0 Å². The van der Waals surface area contributed by atoms with E-state index in [1.807, 2.05) is 42.5 Å². The summed E-state index contributed by atoms with van der Waals surface area (Å²) in [5, 5.41) is 6.19. The monoisotopic (exact) mass is 346 g/mol. The second-order valence-electron chi connectivity index (χ2n) is 5.98. The summed E-state index contributed by atoms with van der Waals surface area (Å²) < 4.78 is 0. The number of hydrogen-bond donors (Lipinski definition) is 2. The molecule has 0 unspecified atom stereocenters. The predicted molar refractivity (Wildman–Crippen MR) is 103 cm³/mol. The third-order valence-electron chi connectivity index (χ3n) is 3.97. The molecule has 2 heterocycles. The molecular weight excluding hydrogens is 324 g/mol. The van der Waals surface area contributed by atoms with Crippen molar-refractivity contribution in [1.82, 2.24) is 15.3 Å². The van der Waals surface area contributed by atoms with Gasteiger partial charge in [0.05, 0.1) is 23.5 Å². The summed E-state index contributed by atoms with van der Waals surface area (Å²) in [6.07, 6.45) is 6.90. The van der Waals surface area contributed by atoms with Gasteiger partial charge < -0.3 is 10.6 Å². The number of pyridine rings is 2. The van der Waals surface area contributed by atoms with Gasteiger partial charge in [0.2, 0.25) is 0 Å². The number of nitrogens with one attached hydrogen (secondary N) is 2. The number of rotatable bonds is 8. The lowest BCUT2D eigenvalue weighted by Crippen LogP contribution is -2.25. The van der Waals surface area contributed by atoms with Crippen LogP contribution in [0.4, 0.5) is 5.69 Å². The lowest BCUT2D eigenvalue weighted by molar-refractivity contribution is 0.0953. The Morgan fingerprint density at radius 3 is 2.65 bits per heavy atom. The van der Waals surface area contributed by atoms with Gasteiger partial charge in [-0.25, -0.2) is 0 Å². The summed E-state index contributed by atoms with van der Waals surface area (Å²) >= 11 is 0. The number of hydrogen-bond acceptors (Lipinski definition) is 4. The van der Waals surface area contributed by atoms with Crippen molar-refractivity contribution in [3.63, 3.8) is 0 Å². The Bertz CT molecular complexity index is 822. The van der Waals surface area contributed by atoms with Gasteiger partial charge >= 0.3 is 0 Å². The molecule has 0 aliphatic heterocycles. The number of aromatic nitrogens is 2. The molecule has 5 heteroatoms. The fourth-order valence-electron chi connectivity index (χ4n) is 2.60. The number of anilines is 1. The van der Waals surface area contributed by atoms with Gasteiger partial charge in [-0.3, -0.25) is 14.8 Å². The summed E-state index contributed by atoms with van der Waals surface area (Å²) in [5.74, 6) is -0.105. The van der Waals surface area contributed by atoms with Crippen molar-refractivity contribution in [2.24, 2.45) is 0 Å². The molecule has 1 aromatic carbocycles. The zero-order valence-electron chi connectivity index (χ0n) is 14.6. The molecule has 2 N–H and O–H groups in total. The lowest BCUT2D eigenvalue weighted by atomic mass is 10.1. The van der Waals surface area contributed by atoms with Crippen molar-refractivity contribution in [3.8, 4) is 0 Å². The van der Waals surface area contributed by atoms with E-state index < -0.39 is 0 Å². The number of carbonyl (C=O) groups excluding carboxylic acids is 1. The zero-order valence-corrected chi connectivity index (χ0v) is 14.6. The van der Waals surface area contributed by atoms with Crippen LogP contribution in [0.3, 0.4) is 0 Å². The van der Waals surface area contributed by atoms with Crippen molar-refractivity contribution >= 4 is 11.6 Å². The number of benzene rings is 1. The second-order valence-corrected chi connectivity index (χ2v) is 5.98. The van der Waals surface area contributed by atoms with Crippen LogP contribution in [0.15, 0.2) is 73.2 Å². The highest BCUT2D eigenvalue weighted by Crippen LogP contribution is 2.10. The third-order valence-corrected chi connectivity index (χ3v) is 3.97. The van der Waals surface area contributed by atoms with Gasteiger partial charge in [0.25, 0.3) is 5.91 Å². The average Bonchev–Trinajstić information content (AvgIpc) is 2.71. The molecule has 0 bridgehead atoms. The Morgan fingerprint density at radius 2 is 1.85 bits per heavy atom. The van der Waals surface area contributed by atoms with Crippen molar-refractivity contribution in [3.05, 3.63) is 90.0 Å². The zero-order chi connectivity index (χ0) is 18.0. The summed E-state index contributed by atoms with van der Waals surface area (Å²) in [4.78, 5) is 20.7. The first-order valence-electron chi connectivity index (χ1n) is 8.72. The first-order valence-corrected chi connectivity index (χ1v) is 8.72. The fraction of sp³-hybridized carbons (Fsp3) is 0.190. The molecular formula is C21H22N4O. The standard InChI is InChI=1S/C21H22N4O/c26-21(24-12-6-9-17-7-2-1-3-8-17)18-13-20(15-22-14-18)25-16-19-10-4-5-11-23-19/h1-5,7-8,10-11,13-15,25H,6,9,12,16H2,(H,24,26). The maximum absolute atomic E-state index is 12.3.